The molecule has 0 radical (unpaired) electrons. The van der Waals surface area contributed by atoms with Gasteiger partial charge in [0.25, 0.3) is 0 Å². The number of benzene rings is 1. The van der Waals surface area contributed by atoms with Crippen molar-refractivity contribution in [3.05, 3.63) is 29.8 Å². The van der Waals surface area contributed by atoms with Crippen molar-refractivity contribution in [3.8, 4) is 0 Å². The summed E-state index contributed by atoms with van der Waals surface area (Å²) in [4.78, 5) is 13.9. The number of anilines is 1. The number of nitrogen functional groups attached to an aromatic ring is 1. The number of nitrogens with two attached hydrogens (primary N) is 1. The minimum Gasteiger partial charge on any atom is -0.399 e. The van der Waals surface area contributed by atoms with Gasteiger partial charge in [0, 0.05) is 12.7 Å². The molecule has 0 spiro atoms. The molecule has 2 atom stereocenters. The van der Waals surface area contributed by atoms with E-state index in [1.54, 1.807) is 11.9 Å². The van der Waals surface area contributed by atoms with E-state index in [0.29, 0.717) is 12.1 Å². The number of aliphatic hydroxyl groups is 1. The fourth-order valence-electron chi connectivity index (χ4n) is 2.73. The zero-order valence-corrected chi connectivity index (χ0v) is 11.4. The lowest BCUT2D eigenvalue weighted by atomic mass is 9.91. The van der Waals surface area contributed by atoms with Crippen molar-refractivity contribution < 1.29 is 9.90 Å². The molecule has 19 heavy (non-hydrogen) atoms. The third kappa shape index (κ3) is 3.47. The lowest BCUT2D eigenvalue weighted by Gasteiger charge is -2.35. The number of likely N-dealkylation sites (N-methyl/N-ethyl adjacent to an activating group) is 1. The van der Waals surface area contributed by atoms with Gasteiger partial charge < -0.3 is 15.7 Å². The maximum Gasteiger partial charge on any atom is 0.227 e. The smallest absolute Gasteiger partial charge is 0.227 e. The summed E-state index contributed by atoms with van der Waals surface area (Å²) < 4.78 is 0. The van der Waals surface area contributed by atoms with Crippen molar-refractivity contribution in [1.29, 1.82) is 0 Å². The van der Waals surface area contributed by atoms with Gasteiger partial charge in [0.2, 0.25) is 5.91 Å². The van der Waals surface area contributed by atoms with E-state index in [2.05, 4.69) is 0 Å². The average molecular weight is 262 g/mol. The number of hydrogen-bond donors (Lipinski definition) is 2. The van der Waals surface area contributed by atoms with Crippen LogP contribution in [0, 0.1) is 0 Å². The number of carbonyl (C=O) groups excluding carboxylic acids is 1. The normalized spacial score (nSPS) is 23.1. The summed E-state index contributed by atoms with van der Waals surface area (Å²) in [7, 11) is 1.79. The van der Waals surface area contributed by atoms with Gasteiger partial charge in [0.15, 0.2) is 0 Å². The van der Waals surface area contributed by atoms with E-state index in [0.717, 1.165) is 31.2 Å². The summed E-state index contributed by atoms with van der Waals surface area (Å²) in [5.74, 6) is 0.0385. The van der Waals surface area contributed by atoms with Crippen molar-refractivity contribution in [1.82, 2.24) is 4.90 Å². The largest absolute Gasteiger partial charge is 0.399 e. The molecule has 1 amide bonds. The Labute approximate surface area is 114 Å². The van der Waals surface area contributed by atoms with Gasteiger partial charge in [-0.15, -0.1) is 0 Å². The van der Waals surface area contributed by atoms with E-state index in [9.17, 15) is 9.90 Å². The molecule has 1 saturated carbocycles. The standard InChI is InChI=1S/C15H22N2O2/c1-17(13-7-2-3-8-14(13)18)15(19)10-11-5-4-6-12(16)9-11/h4-6,9,13-14,18H,2-3,7-8,10,16H2,1H3. The number of carbonyl (C=O) groups is 1. The topological polar surface area (TPSA) is 66.6 Å². The second kappa shape index (κ2) is 6.06. The number of amides is 1. The molecule has 1 aliphatic carbocycles. The summed E-state index contributed by atoms with van der Waals surface area (Å²) >= 11 is 0. The Balaban J connectivity index is 1.99. The molecule has 1 aromatic carbocycles. The maximum absolute atomic E-state index is 12.2. The highest BCUT2D eigenvalue weighted by atomic mass is 16.3. The van der Waals surface area contributed by atoms with Crippen LogP contribution in [0.5, 0.6) is 0 Å². The molecule has 1 aliphatic rings. The molecule has 104 valence electrons. The summed E-state index contributed by atoms with van der Waals surface area (Å²) in [6.07, 6.45) is 3.77. The molecule has 1 fully saturated rings. The van der Waals surface area contributed by atoms with Crippen LogP contribution in [-0.4, -0.2) is 35.1 Å². The maximum atomic E-state index is 12.2. The molecular weight excluding hydrogens is 240 g/mol. The molecule has 0 saturated heterocycles. The summed E-state index contributed by atoms with van der Waals surface area (Å²) in [6, 6.07) is 7.35. The lowest BCUT2D eigenvalue weighted by Crippen LogP contribution is -2.46. The summed E-state index contributed by atoms with van der Waals surface area (Å²) in [6.45, 7) is 0. The highest BCUT2D eigenvalue weighted by Gasteiger charge is 2.29. The molecule has 0 heterocycles. The van der Waals surface area contributed by atoms with E-state index < -0.39 is 0 Å². The Kier molecular flexibility index (Phi) is 4.43. The Bertz CT molecular complexity index is 448. The molecule has 3 N–H and O–H groups in total. The number of nitrogens with zero attached hydrogens (tertiary/aromatic N) is 1. The van der Waals surface area contributed by atoms with Crippen molar-refractivity contribution in [2.75, 3.05) is 12.8 Å². The zero-order chi connectivity index (χ0) is 13.8. The third-order valence-corrected chi connectivity index (χ3v) is 3.89. The van der Waals surface area contributed by atoms with Gasteiger partial charge in [-0.25, -0.2) is 0 Å². The predicted octanol–water partition coefficient (Wildman–Crippen LogP) is 1.57. The van der Waals surface area contributed by atoms with Gasteiger partial charge in [-0.1, -0.05) is 25.0 Å². The van der Waals surface area contributed by atoms with Crippen molar-refractivity contribution in [3.63, 3.8) is 0 Å². The zero-order valence-electron chi connectivity index (χ0n) is 11.4. The molecule has 2 unspecified atom stereocenters. The van der Waals surface area contributed by atoms with Crippen LogP contribution >= 0.6 is 0 Å². The first-order chi connectivity index (χ1) is 9.08. The fraction of sp³-hybridized carbons (Fsp3) is 0.533. The van der Waals surface area contributed by atoms with Gasteiger partial charge in [0.05, 0.1) is 18.6 Å². The van der Waals surface area contributed by atoms with E-state index >= 15 is 0 Å². The van der Waals surface area contributed by atoms with Gasteiger partial charge in [-0.2, -0.15) is 0 Å². The highest BCUT2D eigenvalue weighted by molar-refractivity contribution is 5.79. The first-order valence-corrected chi connectivity index (χ1v) is 6.86. The van der Waals surface area contributed by atoms with E-state index in [-0.39, 0.29) is 18.1 Å². The van der Waals surface area contributed by atoms with Crippen LogP contribution in [0.15, 0.2) is 24.3 Å². The Morgan fingerprint density at radius 3 is 2.84 bits per heavy atom. The first kappa shape index (κ1) is 13.9. The van der Waals surface area contributed by atoms with Crippen molar-refractivity contribution in [2.24, 2.45) is 0 Å². The van der Waals surface area contributed by atoms with E-state index in [1.165, 1.54) is 0 Å². The van der Waals surface area contributed by atoms with E-state index in [1.807, 2.05) is 24.3 Å². The molecule has 0 bridgehead atoms. The molecule has 4 nitrogen and oxygen atoms in total. The van der Waals surface area contributed by atoms with Crippen molar-refractivity contribution in [2.45, 2.75) is 44.2 Å². The Morgan fingerprint density at radius 2 is 2.16 bits per heavy atom. The first-order valence-electron chi connectivity index (χ1n) is 6.86. The van der Waals surface area contributed by atoms with Crippen LogP contribution in [0.2, 0.25) is 0 Å². The SMILES string of the molecule is CN(C(=O)Cc1cccc(N)c1)C1CCCCC1O. The average Bonchev–Trinajstić information content (AvgIpc) is 2.38. The highest BCUT2D eigenvalue weighted by Crippen LogP contribution is 2.23. The minimum absolute atomic E-state index is 0.0385. The second-order valence-electron chi connectivity index (χ2n) is 5.35. The van der Waals surface area contributed by atoms with Crippen molar-refractivity contribution >= 4 is 11.6 Å². The van der Waals surface area contributed by atoms with Crippen LogP contribution in [0.25, 0.3) is 0 Å². The van der Waals surface area contributed by atoms with Crippen LogP contribution in [0.3, 0.4) is 0 Å². The van der Waals surface area contributed by atoms with Gasteiger partial charge in [-0.05, 0) is 30.5 Å². The molecule has 0 aromatic heterocycles. The third-order valence-electron chi connectivity index (χ3n) is 3.89. The quantitative estimate of drug-likeness (QED) is 0.813. The van der Waals surface area contributed by atoms with Crippen LogP contribution < -0.4 is 5.73 Å². The summed E-state index contributed by atoms with van der Waals surface area (Å²) in [5, 5.41) is 9.98. The Hall–Kier alpha value is -1.55. The molecule has 4 heteroatoms. The monoisotopic (exact) mass is 262 g/mol. The Morgan fingerprint density at radius 1 is 1.42 bits per heavy atom. The van der Waals surface area contributed by atoms with E-state index in [4.69, 9.17) is 5.73 Å². The van der Waals surface area contributed by atoms with Crippen LogP contribution in [-0.2, 0) is 11.2 Å². The lowest BCUT2D eigenvalue weighted by molar-refractivity contribution is -0.134. The minimum atomic E-state index is -0.386. The van der Waals surface area contributed by atoms with Gasteiger partial charge in [0.1, 0.15) is 0 Å². The second-order valence-corrected chi connectivity index (χ2v) is 5.35. The molecular formula is C15H22N2O2. The number of aliphatic hydroxyl groups excluding tert-OH is 1. The molecule has 0 aliphatic heterocycles. The predicted molar refractivity (Wildman–Crippen MR) is 75.6 cm³/mol. The molecule has 1 aromatic rings. The van der Waals surface area contributed by atoms with Gasteiger partial charge >= 0.3 is 0 Å². The van der Waals surface area contributed by atoms with Gasteiger partial charge in [-0.3, -0.25) is 4.79 Å². The summed E-state index contributed by atoms with van der Waals surface area (Å²) in [5.41, 5.74) is 7.30. The number of rotatable bonds is 3. The molecule has 2 rings (SSSR count). The van der Waals surface area contributed by atoms with Crippen LogP contribution in [0.4, 0.5) is 5.69 Å². The van der Waals surface area contributed by atoms with Crippen LogP contribution in [0.1, 0.15) is 31.2 Å². The fourth-order valence-corrected chi connectivity index (χ4v) is 2.73. The number of hydrogen-bond acceptors (Lipinski definition) is 3.